The Hall–Kier alpha value is -3.09. The molecule has 4 rings (SSSR count). The predicted molar refractivity (Wildman–Crippen MR) is 118 cm³/mol. The molecule has 4 N–H and O–H groups in total. The second-order valence-electron chi connectivity index (χ2n) is 8.29. The van der Waals surface area contributed by atoms with Crippen LogP contribution in [0.2, 0.25) is 0 Å². The van der Waals surface area contributed by atoms with Crippen LogP contribution in [0.25, 0.3) is 10.4 Å². The van der Waals surface area contributed by atoms with Gasteiger partial charge in [0, 0.05) is 24.0 Å². The zero-order valence-electron chi connectivity index (χ0n) is 18.1. The first-order valence-corrected chi connectivity index (χ1v) is 11.3. The summed E-state index contributed by atoms with van der Waals surface area (Å²) in [6.07, 6.45) is -0.358. The summed E-state index contributed by atoms with van der Waals surface area (Å²) in [6, 6.07) is 6.22. The minimum absolute atomic E-state index is 0.172. The third-order valence-electron chi connectivity index (χ3n) is 5.76. The molecule has 180 valence electrons. The molecular formula is C22H22F3N5O3S. The van der Waals surface area contributed by atoms with E-state index in [0.717, 1.165) is 28.3 Å². The number of carbonyl (C=O) groups excluding carboxylic acids is 1. The van der Waals surface area contributed by atoms with E-state index in [0.29, 0.717) is 36.4 Å². The van der Waals surface area contributed by atoms with Gasteiger partial charge < -0.3 is 10.4 Å². The van der Waals surface area contributed by atoms with E-state index in [-0.39, 0.29) is 11.9 Å². The second-order valence-corrected chi connectivity index (χ2v) is 9.32. The van der Waals surface area contributed by atoms with Gasteiger partial charge in [-0.3, -0.25) is 10.0 Å². The van der Waals surface area contributed by atoms with E-state index in [1.807, 2.05) is 13.0 Å². The lowest BCUT2D eigenvalue weighted by Gasteiger charge is -2.33. The first-order chi connectivity index (χ1) is 16.1. The smallest absolute Gasteiger partial charge is 0.383 e. The molecule has 34 heavy (non-hydrogen) atoms. The van der Waals surface area contributed by atoms with Gasteiger partial charge in [-0.05, 0) is 61.9 Å². The van der Waals surface area contributed by atoms with Crippen LogP contribution in [0.5, 0.6) is 0 Å². The molecule has 2 heterocycles. The SMILES string of the molecule is Cc1cc(Nc2nccc(C(F)(F)F)n2)cc(-c2cnc(C3(O)CCC(C(=O)NO)CC3)s2)c1. The molecule has 0 saturated heterocycles. The quantitative estimate of drug-likeness (QED) is 0.304. The Morgan fingerprint density at radius 3 is 2.62 bits per heavy atom. The highest BCUT2D eigenvalue weighted by molar-refractivity contribution is 7.15. The number of aromatic nitrogens is 3. The summed E-state index contributed by atoms with van der Waals surface area (Å²) in [5, 5.41) is 23.3. The van der Waals surface area contributed by atoms with Gasteiger partial charge in [-0.15, -0.1) is 11.3 Å². The van der Waals surface area contributed by atoms with E-state index in [1.54, 1.807) is 23.8 Å². The Morgan fingerprint density at radius 2 is 1.94 bits per heavy atom. The average molecular weight is 494 g/mol. The molecule has 3 aromatic rings. The maximum atomic E-state index is 12.9. The molecular weight excluding hydrogens is 471 g/mol. The van der Waals surface area contributed by atoms with Crippen molar-refractivity contribution in [1.82, 2.24) is 20.4 Å². The van der Waals surface area contributed by atoms with E-state index in [2.05, 4.69) is 20.3 Å². The molecule has 0 unspecified atom stereocenters. The lowest BCUT2D eigenvalue weighted by Crippen LogP contribution is -2.37. The van der Waals surface area contributed by atoms with Gasteiger partial charge in [0.1, 0.15) is 16.3 Å². The number of alkyl halides is 3. The highest BCUT2D eigenvalue weighted by Gasteiger charge is 2.39. The van der Waals surface area contributed by atoms with Gasteiger partial charge in [-0.25, -0.2) is 20.4 Å². The van der Waals surface area contributed by atoms with Gasteiger partial charge in [-0.2, -0.15) is 13.2 Å². The fourth-order valence-electron chi connectivity index (χ4n) is 3.99. The average Bonchev–Trinajstić information content (AvgIpc) is 3.30. The fourth-order valence-corrected chi connectivity index (χ4v) is 5.04. The zero-order chi connectivity index (χ0) is 24.5. The molecule has 12 heteroatoms. The number of halogens is 3. The first-order valence-electron chi connectivity index (χ1n) is 10.5. The number of nitrogens with one attached hydrogen (secondary N) is 2. The lowest BCUT2D eigenvalue weighted by atomic mass is 9.79. The number of rotatable bonds is 5. The first kappa shape index (κ1) is 24.0. The molecule has 8 nitrogen and oxygen atoms in total. The van der Waals surface area contributed by atoms with E-state index >= 15 is 0 Å². The normalized spacial score (nSPS) is 20.7. The van der Waals surface area contributed by atoms with Crippen LogP contribution in [0.3, 0.4) is 0 Å². The number of hydrogen-bond acceptors (Lipinski definition) is 8. The van der Waals surface area contributed by atoms with Crippen LogP contribution in [0, 0.1) is 12.8 Å². The largest absolute Gasteiger partial charge is 0.433 e. The van der Waals surface area contributed by atoms with Crippen molar-refractivity contribution >= 4 is 28.9 Å². The maximum Gasteiger partial charge on any atom is 0.433 e. The minimum Gasteiger partial charge on any atom is -0.383 e. The van der Waals surface area contributed by atoms with Crippen molar-refractivity contribution in [3.05, 3.63) is 52.9 Å². The number of nitrogens with zero attached hydrogens (tertiary/aromatic N) is 3. The number of hydrogen-bond donors (Lipinski definition) is 4. The molecule has 1 aliphatic rings. The van der Waals surface area contributed by atoms with Crippen molar-refractivity contribution in [2.24, 2.45) is 5.92 Å². The summed E-state index contributed by atoms with van der Waals surface area (Å²) in [7, 11) is 0. The van der Waals surface area contributed by atoms with E-state index < -0.39 is 23.4 Å². The van der Waals surface area contributed by atoms with Crippen LogP contribution in [-0.4, -0.2) is 31.2 Å². The summed E-state index contributed by atoms with van der Waals surface area (Å²) < 4.78 is 38.8. The van der Waals surface area contributed by atoms with Gasteiger partial charge in [0.15, 0.2) is 0 Å². The molecule has 0 spiro atoms. The van der Waals surface area contributed by atoms with Crippen molar-refractivity contribution < 1.29 is 28.3 Å². The van der Waals surface area contributed by atoms with Crippen LogP contribution in [0.1, 0.15) is 41.9 Å². The summed E-state index contributed by atoms with van der Waals surface area (Å²) in [4.78, 5) is 24.2. The number of amides is 1. The molecule has 0 aliphatic heterocycles. The topological polar surface area (TPSA) is 120 Å². The van der Waals surface area contributed by atoms with Crippen molar-refractivity contribution in [1.29, 1.82) is 0 Å². The molecule has 1 amide bonds. The van der Waals surface area contributed by atoms with Crippen LogP contribution < -0.4 is 10.8 Å². The van der Waals surface area contributed by atoms with E-state index in [9.17, 15) is 23.1 Å². The van der Waals surface area contributed by atoms with Crippen LogP contribution in [0.4, 0.5) is 24.8 Å². The Labute approximate surface area is 196 Å². The number of anilines is 2. The van der Waals surface area contributed by atoms with E-state index in [1.165, 1.54) is 11.3 Å². The number of aryl methyl sites for hydroxylation is 1. The van der Waals surface area contributed by atoms with Crippen molar-refractivity contribution in [2.75, 3.05) is 5.32 Å². The van der Waals surface area contributed by atoms with Crippen LogP contribution in [-0.2, 0) is 16.6 Å². The van der Waals surface area contributed by atoms with Gasteiger partial charge in [0.05, 0.1) is 4.88 Å². The Morgan fingerprint density at radius 1 is 1.21 bits per heavy atom. The second kappa shape index (κ2) is 9.28. The van der Waals surface area contributed by atoms with Crippen molar-refractivity contribution in [2.45, 2.75) is 44.4 Å². The molecule has 2 aromatic heterocycles. The fraction of sp³-hybridized carbons (Fsp3) is 0.364. The number of carbonyl (C=O) groups is 1. The molecule has 1 saturated carbocycles. The highest BCUT2D eigenvalue weighted by atomic mass is 32.1. The Balaban J connectivity index is 1.54. The molecule has 1 aromatic carbocycles. The molecule has 0 bridgehead atoms. The standard InChI is InChI=1S/C22H22F3N5O3S/c1-12-8-14(10-15(9-12)28-20-26-7-4-17(29-20)22(23,24)25)16-11-27-19(34-16)21(32)5-2-13(3-6-21)18(31)30-33/h4,7-11,13,32-33H,2-3,5-6H2,1H3,(H,30,31)(H,26,28,29). The number of benzene rings is 1. The number of hydroxylamine groups is 1. The van der Waals surface area contributed by atoms with Gasteiger partial charge in [0.25, 0.3) is 0 Å². The third kappa shape index (κ3) is 5.18. The van der Waals surface area contributed by atoms with Crippen LogP contribution >= 0.6 is 11.3 Å². The summed E-state index contributed by atoms with van der Waals surface area (Å²) in [6.45, 7) is 1.85. The predicted octanol–water partition coefficient (Wildman–Crippen LogP) is 4.55. The highest BCUT2D eigenvalue weighted by Crippen LogP contribution is 2.43. The number of thiazole rings is 1. The van der Waals surface area contributed by atoms with Gasteiger partial charge in [0.2, 0.25) is 11.9 Å². The third-order valence-corrected chi connectivity index (χ3v) is 7.00. The van der Waals surface area contributed by atoms with Crippen LogP contribution in [0.15, 0.2) is 36.7 Å². The van der Waals surface area contributed by atoms with Gasteiger partial charge >= 0.3 is 6.18 Å². The van der Waals surface area contributed by atoms with E-state index in [4.69, 9.17) is 5.21 Å². The monoisotopic (exact) mass is 493 g/mol. The summed E-state index contributed by atoms with van der Waals surface area (Å²) >= 11 is 1.32. The maximum absolute atomic E-state index is 12.9. The van der Waals surface area contributed by atoms with Crippen molar-refractivity contribution in [3.8, 4) is 10.4 Å². The van der Waals surface area contributed by atoms with Gasteiger partial charge in [-0.1, -0.05) is 6.07 Å². The summed E-state index contributed by atoms with van der Waals surface area (Å²) in [5.41, 5.74) is 1.61. The molecule has 0 radical (unpaired) electrons. The Bertz CT molecular complexity index is 1190. The summed E-state index contributed by atoms with van der Waals surface area (Å²) in [5.74, 6) is -0.978. The zero-order valence-corrected chi connectivity index (χ0v) is 18.9. The lowest BCUT2D eigenvalue weighted by molar-refractivity contribution is -0.141. The Kier molecular flexibility index (Phi) is 6.56. The molecule has 1 fully saturated rings. The number of aliphatic hydroxyl groups is 1. The molecule has 1 aliphatic carbocycles. The molecule has 0 atom stereocenters. The minimum atomic E-state index is -4.57. The van der Waals surface area contributed by atoms with Crippen molar-refractivity contribution in [3.63, 3.8) is 0 Å².